The van der Waals surface area contributed by atoms with Crippen LogP contribution in [0.2, 0.25) is 0 Å². The molecule has 0 aromatic heterocycles. The molecule has 0 bridgehead atoms. The first kappa shape index (κ1) is 14.9. The lowest BCUT2D eigenvalue weighted by atomic mass is 10.2. The molecule has 0 N–H and O–H groups in total. The van der Waals surface area contributed by atoms with Gasteiger partial charge in [-0.15, -0.1) is 0 Å². The highest BCUT2D eigenvalue weighted by Gasteiger charge is 2.49. The van der Waals surface area contributed by atoms with Gasteiger partial charge in [0.25, 0.3) is 0 Å². The van der Waals surface area contributed by atoms with Crippen molar-refractivity contribution in [2.45, 2.75) is 5.51 Å². The smallest absolute Gasteiger partial charge is 0.369 e. The Bertz CT molecular complexity index is 624. The number of nitro groups is 1. The summed E-state index contributed by atoms with van der Waals surface area (Å²) in [6, 6.07) is 2.11. The molecule has 0 aliphatic heterocycles. The number of carbonyl (C=O) groups is 1. The summed E-state index contributed by atoms with van der Waals surface area (Å²) in [6.07, 6.45) is 0.163. The Morgan fingerprint density at radius 3 is 2.32 bits per heavy atom. The molecule has 1 rings (SSSR count). The minimum atomic E-state index is -6.05. The third kappa shape index (κ3) is 3.19. The first-order chi connectivity index (χ1) is 8.58. The maximum absolute atomic E-state index is 12.1. The van der Waals surface area contributed by atoms with Gasteiger partial charge in [-0.05, 0) is 12.1 Å². The predicted molar refractivity (Wildman–Crippen MR) is 54.1 cm³/mol. The number of nitrogens with zero attached hydrogens (tertiary/aromatic N) is 1. The molecular formula is C8H4F3NO6S. The average Bonchev–Trinajstić information content (AvgIpc) is 2.26. The van der Waals surface area contributed by atoms with Crippen LogP contribution in [0.4, 0.5) is 18.9 Å². The summed E-state index contributed by atoms with van der Waals surface area (Å²) < 4.78 is 61.4. The second-order valence-corrected chi connectivity index (χ2v) is 4.62. The van der Waals surface area contributed by atoms with E-state index in [4.69, 9.17) is 0 Å². The van der Waals surface area contributed by atoms with Gasteiger partial charge < -0.3 is 4.18 Å². The minimum absolute atomic E-state index is 0.163. The van der Waals surface area contributed by atoms with E-state index in [1.807, 2.05) is 0 Å². The Balaban J connectivity index is 3.34. The number of rotatable bonds is 4. The van der Waals surface area contributed by atoms with Crippen LogP contribution in [0.25, 0.3) is 0 Å². The lowest BCUT2D eigenvalue weighted by Crippen LogP contribution is -2.28. The minimum Gasteiger partial charge on any atom is -0.369 e. The van der Waals surface area contributed by atoms with Crippen molar-refractivity contribution >= 4 is 22.1 Å². The molecule has 104 valence electrons. The topological polar surface area (TPSA) is 104 Å². The fourth-order valence-electron chi connectivity index (χ4n) is 0.987. The van der Waals surface area contributed by atoms with E-state index in [9.17, 15) is 36.5 Å². The van der Waals surface area contributed by atoms with E-state index < -0.39 is 32.0 Å². The standard InChI is InChI=1S/C8H4F3NO6S/c9-8(10,11)19(16,17)18-7-3-5(4-13)1-2-6(7)12(14)15/h1-4H. The van der Waals surface area contributed by atoms with Gasteiger partial charge in [-0.25, -0.2) is 0 Å². The molecule has 0 saturated carbocycles. The normalized spacial score (nSPS) is 11.9. The largest absolute Gasteiger partial charge is 0.534 e. The Labute approximate surface area is 103 Å². The second kappa shape index (κ2) is 4.84. The lowest BCUT2D eigenvalue weighted by molar-refractivity contribution is -0.385. The van der Waals surface area contributed by atoms with Crippen LogP contribution in [0, 0.1) is 10.1 Å². The highest BCUT2D eigenvalue weighted by molar-refractivity contribution is 7.88. The van der Waals surface area contributed by atoms with E-state index >= 15 is 0 Å². The van der Waals surface area contributed by atoms with E-state index in [-0.39, 0.29) is 11.8 Å². The highest BCUT2D eigenvalue weighted by atomic mass is 32.2. The number of alkyl halides is 3. The summed E-state index contributed by atoms with van der Waals surface area (Å²) in [5.74, 6) is -1.19. The van der Waals surface area contributed by atoms with Crippen molar-refractivity contribution in [2.75, 3.05) is 0 Å². The molecule has 0 unspecified atom stereocenters. The molecule has 0 heterocycles. The first-order valence-electron chi connectivity index (χ1n) is 4.33. The molecule has 0 amide bonds. The van der Waals surface area contributed by atoms with Crippen LogP contribution in [0.1, 0.15) is 10.4 Å². The first-order valence-corrected chi connectivity index (χ1v) is 5.73. The summed E-state index contributed by atoms with van der Waals surface area (Å²) in [4.78, 5) is 19.8. The molecule has 0 fully saturated rings. The number of aldehydes is 1. The summed E-state index contributed by atoms with van der Waals surface area (Å²) in [5.41, 5.74) is -7.03. The van der Waals surface area contributed by atoms with Crippen molar-refractivity contribution < 1.29 is 35.5 Å². The van der Waals surface area contributed by atoms with Gasteiger partial charge in [0.15, 0.2) is 0 Å². The number of carbonyl (C=O) groups excluding carboxylic acids is 1. The molecule has 1 aromatic rings. The Morgan fingerprint density at radius 1 is 1.32 bits per heavy atom. The van der Waals surface area contributed by atoms with Gasteiger partial charge in [0.1, 0.15) is 6.29 Å². The molecule has 1 aromatic carbocycles. The van der Waals surface area contributed by atoms with Crippen LogP contribution in [-0.4, -0.2) is 25.1 Å². The number of hydrogen-bond donors (Lipinski definition) is 0. The van der Waals surface area contributed by atoms with E-state index in [1.54, 1.807) is 0 Å². The van der Waals surface area contributed by atoms with E-state index in [0.29, 0.717) is 12.1 Å². The maximum atomic E-state index is 12.1. The predicted octanol–water partition coefficient (Wildman–Crippen LogP) is 1.64. The molecule has 11 heteroatoms. The van der Waals surface area contributed by atoms with Gasteiger partial charge in [0, 0.05) is 11.6 Å². The van der Waals surface area contributed by atoms with Crippen LogP contribution >= 0.6 is 0 Å². The third-order valence-electron chi connectivity index (χ3n) is 1.80. The zero-order chi connectivity index (χ0) is 14.8. The molecule has 7 nitrogen and oxygen atoms in total. The van der Waals surface area contributed by atoms with Gasteiger partial charge in [0.2, 0.25) is 5.75 Å². The monoisotopic (exact) mass is 299 g/mol. The number of hydrogen-bond acceptors (Lipinski definition) is 6. The average molecular weight is 299 g/mol. The summed E-state index contributed by atoms with van der Waals surface area (Å²) in [7, 11) is -6.05. The van der Waals surface area contributed by atoms with E-state index in [1.165, 1.54) is 0 Å². The van der Waals surface area contributed by atoms with Gasteiger partial charge in [-0.1, -0.05) is 0 Å². The quantitative estimate of drug-likeness (QED) is 0.275. The maximum Gasteiger partial charge on any atom is 0.534 e. The van der Waals surface area contributed by atoms with Crippen molar-refractivity contribution in [3.05, 3.63) is 33.9 Å². The van der Waals surface area contributed by atoms with Gasteiger partial charge in [-0.3, -0.25) is 14.9 Å². The van der Waals surface area contributed by atoms with Crippen LogP contribution in [-0.2, 0) is 10.1 Å². The molecule has 19 heavy (non-hydrogen) atoms. The Hall–Kier alpha value is -2.17. The highest BCUT2D eigenvalue weighted by Crippen LogP contribution is 2.33. The van der Waals surface area contributed by atoms with Crippen molar-refractivity contribution in [1.29, 1.82) is 0 Å². The molecule has 0 aliphatic rings. The fourth-order valence-corrected chi connectivity index (χ4v) is 1.45. The molecular weight excluding hydrogens is 295 g/mol. The van der Waals surface area contributed by atoms with Crippen molar-refractivity contribution in [3.63, 3.8) is 0 Å². The molecule has 0 atom stereocenters. The molecule has 0 aliphatic carbocycles. The zero-order valence-corrected chi connectivity index (χ0v) is 9.56. The number of halogens is 3. The van der Waals surface area contributed by atoms with Crippen molar-refractivity contribution in [3.8, 4) is 5.75 Å². The van der Waals surface area contributed by atoms with Crippen LogP contribution in [0.15, 0.2) is 18.2 Å². The number of benzene rings is 1. The Kier molecular flexibility index (Phi) is 3.79. The van der Waals surface area contributed by atoms with Gasteiger partial charge in [-0.2, -0.15) is 21.6 Å². The van der Waals surface area contributed by atoms with Crippen molar-refractivity contribution in [2.24, 2.45) is 0 Å². The van der Waals surface area contributed by atoms with E-state index in [0.717, 1.165) is 6.07 Å². The van der Waals surface area contributed by atoms with Crippen LogP contribution < -0.4 is 4.18 Å². The summed E-state index contributed by atoms with van der Waals surface area (Å²) in [5, 5.41) is 10.5. The van der Waals surface area contributed by atoms with Crippen molar-refractivity contribution in [1.82, 2.24) is 0 Å². The lowest BCUT2D eigenvalue weighted by Gasteiger charge is -2.09. The zero-order valence-electron chi connectivity index (χ0n) is 8.75. The molecule has 0 saturated heterocycles. The second-order valence-electron chi connectivity index (χ2n) is 3.09. The Morgan fingerprint density at radius 2 is 1.89 bits per heavy atom. The van der Waals surface area contributed by atoms with Gasteiger partial charge >= 0.3 is 21.3 Å². The molecule has 0 radical (unpaired) electrons. The summed E-state index contributed by atoms with van der Waals surface area (Å²) in [6.45, 7) is 0. The van der Waals surface area contributed by atoms with Crippen LogP contribution in [0.3, 0.4) is 0 Å². The SMILES string of the molecule is O=Cc1ccc([N+](=O)[O-])c(OS(=O)(=O)C(F)(F)F)c1. The van der Waals surface area contributed by atoms with Gasteiger partial charge in [0.05, 0.1) is 4.92 Å². The fraction of sp³-hybridized carbons (Fsp3) is 0.125. The number of nitro benzene ring substituents is 1. The van der Waals surface area contributed by atoms with E-state index in [2.05, 4.69) is 4.18 Å². The third-order valence-corrected chi connectivity index (χ3v) is 2.77. The molecule has 0 spiro atoms. The van der Waals surface area contributed by atoms with Crippen LogP contribution in [0.5, 0.6) is 5.75 Å². The summed E-state index contributed by atoms with van der Waals surface area (Å²) >= 11 is 0.